The summed E-state index contributed by atoms with van der Waals surface area (Å²) < 4.78 is 0. The molecule has 0 aliphatic carbocycles. The van der Waals surface area contributed by atoms with E-state index in [2.05, 4.69) is 26.8 Å². The molecular weight excluding hydrogens is 360 g/mol. The van der Waals surface area contributed by atoms with Crippen molar-refractivity contribution in [1.29, 1.82) is 0 Å². The first kappa shape index (κ1) is 19.7. The standard InChI is InChI=1S/C25H30N2O2/c1-25(2,3)21-10-8-19(9-11-21)23(28)26-15-12-20(13-16-26)24(29)27-17-14-18-6-4-5-7-22(18)27/h4-11,20H,12-17H2,1-3H3. The number of amides is 2. The minimum atomic E-state index is 0.00785. The second-order valence-corrected chi connectivity index (χ2v) is 9.26. The Balaban J connectivity index is 1.37. The van der Waals surface area contributed by atoms with Crippen LogP contribution in [-0.4, -0.2) is 36.3 Å². The Morgan fingerprint density at radius 3 is 2.21 bits per heavy atom. The Morgan fingerprint density at radius 2 is 1.55 bits per heavy atom. The first-order valence-corrected chi connectivity index (χ1v) is 10.6. The number of hydrogen-bond donors (Lipinski definition) is 0. The zero-order chi connectivity index (χ0) is 20.6. The molecule has 2 aromatic rings. The number of benzene rings is 2. The van der Waals surface area contributed by atoms with E-state index in [0.29, 0.717) is 13.1 Å². The van der Waals surface area contributed by atoms with E-state index in [4.69, 9.17) is 0 Å². The van der Waals surface area contributed by atoms with Crippen LogP contribution in [0.2, 0.25) is 0 Å². The summed E-state index contributed by atoms with van der Waals surface area (Å²) in [5.74, 6) is 0.299. The molecule has 4 nitrogen and oxygen atoms in total. The average molecular weight is 391 g/mol. The summed E-state index contributed by atoms with van der Waals surface area (Å²) in [5.41, 5.74) is 4.36. The van der Waals surface area contributed by atoms with Gasteiger partial charge in [0.15, 0.2) is 0 Å². The van der Waals surface area contributed by atoms with Crippen LogP contribution in [-0.2, 0) is 16.6 Å². The normalized spacial score (nSPS) is 17.3. The first-order chi connectivity index (χ1) is 13.8. The number of rotatable bonds is 2. The summed E-state index contributed by atoms with van der Waals surface area (Å²) in [6, 6.07) is 16.1. The van der Waals surface area contributed by atoms with Crippen LogP contribution >= 0.6 is 0 Å². The summed E-state index contributed by atoms with van der Waals surface area (Å²) >= 11 is 0. The van der Waals surface area contributed by atoms with Gasteiger partial charge in [-0.3, -0.25) is 9.59 Å². The minimum Gasteiger partial charge on any atom is -0.339 e. The van der Waals surface area contributed by atoms with E-state index >= 15 is 0 Å². The van der Waals surface area contributed by atoms with E-state index in [-0.39, 0.29) is 23.1 Å². The molecule has 4 heteroatoms. The van der Waals surface area contributed by atoms with Crippen LogP contribution in [0.4, 0.5) is 5.69 Å². The van der Waals surface area contributed by atoms with Crippen LogP contribution in [0.3, 0.4) is 0 Å². The number of para-hydroxylation sites is 1. The van der Waals surface area contributed by atoms with Crippen LogP contribution in [0.5, 0.6) is 0 Å². The molecular formula is C25H30N2O2. The zero-order valence-corrected chi connectivity index (χ0v) is 17.6. The number of fused-ring (bicyclic) bond motifs is 1. The topological polar surface area (TPSA) is 40.6 Å². The highest BCUT2D eigenvalue weighted by Gasteiger charge is 2.33. The van der Waals surface area contributed by atoms with Crippen LogP contribution in [0.1, 0.15) is 55.1 Å². The molecule has 0 atom stereocenters. The Kier molecular flexibility index (Phi) is 5.20. The highest BCUT2D eigenvalue weighted by molar-refractivity contribution is 5.97. The SMILES string of the molecule is CC(C)(C)c1ccc(C(=O)N2CCC(C(=O)N3CCc4ccccc43)CC2)cc1. The molecule has 1 fully saturated rings. The third kappa shape index (κ3) is 3.93. The summed E-state index contributed by atoms with van der Waals surface area (Å²) in [5, 5.41) is 0. The Bertz CT molecular complexity index is 903. The maximum Gasteiger partial charge on any atom is 0.253 e. The van der Waals surface area contributed by atoms with Gasteiger partial charge in [-0.2, -0.15) is 0 Å². The van der Waals surface area contributed by atoms with Gasteiger partial charge in [-0.15, -0.1) is 0 Å². The smallest absolute Gasteiger partial charge is 0.253 e. The molecule has 2 aromatic carbocycles. The summed E-state index contributed by atoms with van der Waals surface area (Å²) in [7, 11) is 0. The lowest BCUT2D eigenvalue weighted by atomic mass is 9.86. The molecule has 2 aliphatic heterocycles. The third-order valence-electron chi connectivity index (χ3n) is 6.28. The molecule has 0 unspecified atom stereocenters. The van der Waals surface area contributed by atoms with Gasteiger partial charge < -0.3 is 9.80 Å². The van der Waals surface area contributed by atoms with Crippen molar-refractivity contribution in [2.24, 2.45) is 5.92 Å². The molecule has 0 spiro atoms. The highest BCUT2D eigenvalue weighted by Crippen LogP contribution is 2.31. The molecule has 1 saturated heterocycles. The number of likely N-dealkylation sites (tertiary alicyclic amines) is 1. The maximum atomic E-state index is 13.1. The summed E-state index contributed by atoms with van der Waals surface area (Å²) in [6.45, 7) is 8.58. The molecule has 152 valence electrons. The van der Waals surface area contributed by atoms with Crippen LogP contribution in [0.15, 0.2) is 48.5 Å². The maximum absolute atomic E-state index is 13.1. The van der Waals surface area contributed by atoms with E-state index in [1.807, 2.05) is 52.3 Å². The van der Waals surface area contributed by atoms with Crippen molar-refractivity contribution in [2.45, 2.75) is 45.4 Å². The van der Waals surface area contributed by atoms with E-state index in [0.717, 1.165) is 37.1 Å². The predicted octanol–water partition coefficient (Wildman–Crippen LogP) is 4.43. The molecule has 2 amide bonds. The minimum absolute atomic E-state index is 0.00785. The summed E-state index contributed by atoms with van der Waals surface area (Å²) in [6.07, 6.45) is 2.41. The predicted molar refractivity (Wildman–Crippen MR) is 116 cm³/mol. The Hall–Kier alpha value is -2.62. The van der Waals surface area contributed by atoms with Gasteiger partial charge in [0.2, 0.25) is 5.91 Å². The fourth-order valence-electron chi connectivity index (χ4n) is 4.41. The van der Waals surface area contributed by atoms with Gasteiger partial charge in [0.1, 0.15) is 0 Å². The van der Waals surface area contributed by atoms with Crippen molar-refractivity contribution in [3.8, 4) is 0 Å². The molecule has 0 radical (unpaired) electrons. The number of nitrogens with zero attached hydrogens (tertiary/aromatic N) is 2. The fourth-order valence-corrected chi connectivity index (χ4v) is 4.41. The Labute approximate surface area is 173 Å². The van der Waals surface area contributed by atoms with Crippen LogP contribution in [0.25, 0.3) is 0 Å². The van der Waals surface area contributed by atoms with Gasteiger partial charge in [-0.25, -0.2) is 0 Å². The lowest BCUT2D eigenvalue weighted by Gasteiger charge is -2.33. The average Bonchev–Trinajstić information content (AvgIpc) is 3.16. The molecule has 2 aliphatic rings. The van der Waals surface area contributed by atoms with E-state index in [1.54, 1.807) is 0 Å². The van der Waals surface area contributed by atoms with Gasteiger partial charge in [0.25, 0.3) is 5.91 Å². The van der Waals surface area contributed by atoms with Gasteiger partial charge in [0, 0.05) is 36.8 Å². The fraction of sp³-hybridized carbons (Fsp3) is 0.440. The van der Waals surface area contributed by atoms with Gasteiger partial charge in [0.05, 0.1) is 0 Å². The molecule has 29 heavy (non-hydrogen) atoms. The van der Waals surface area contributed by atoms with Crippen molar-refractivity contribution < 1.29 is 9.59 Å². The highest BCUT2D eigenvalue weighted by atomic mass is 16.2. The van der Waals surface area contributed by atoms with Crippen molar-refractivity contribution in [3.05, 3.63) is 65.2 Å². The van der Waals surface area contributed by atoms with Crippen LogP contribution in [0, 0.1) is 5.92 Å². The second-order valence-electron chi connectivity index (χ2n) is 9.26. The summed E-state index contributed by atoms with van der Waals surface area (Å²) in [4.78, 5) is 29.8. The lowest BCUT2D eigenvalue weighted by molar-refractivity contribution is -0.123. The monoisotopic (exact) mass is 390 g/mol. The molecule has 2 heterocycles. The van der Waals surface area contributed by atoms with Crippen molar-refractivity contribution >= 4 is 17.5 Å². The third-order valence-corrected chi connectivity index (χ3v) is 6.28. The number of carbonyl (C=O) groups is 2. The molecule has 0 saturated carbocycles. The molecule has 0 N–H and O–H groups in total. The quantitative estimate of drug-likeness (QED) is 0.761. The van der Waals surface area contributed by atoms with Crippen molar-refractivity contribution in [2.75, 3.05) is 24.5 Å². The number of anilines is 1. The zero-order valence-electron chi connectivity index (χ0n) is 17.6. The van der Waals surface area contributed by atoms with Gasteiger partial charge >= 0.3 is 0 Å². The van der Waals surface area contributed by atoms with Gasteiger partial charge in [-0.1, -0.05) is 51.1 Å². The van der Waals surface area contributed by atoms with Crippen LogP contribution < -0.4 is 4.90 Å². The van der Waals surface area contributed by atoms with E-state index < -0.39 is 0 Å². The van der Waals surface area contributed by atoms with E-state index in [1.165, 1.54) is 11.1 Å². The largest absolute Gasteiger partial charge is 0.339 e. The first-order valence-electron chi connectivity index (χ1n) is 10.6. The van der Waals surface area contributed by atoms with Gasteiger partial charge in [-0.05, 0) is 54.0 Å². The lowest BCUT2D eigenvalue weighted by Crippen LogP contribution is -2.44. The molecule has 0 aromatic heterocycles. The second kappa shape index (κ2) is 7.66. The van der Waals surface area contributed by atoms with Crippen molar-refractivity contribution in [1.82, 2.24) is 4.90 Å². The van der Waals surface area contributed by atoms with Crippen molar-refractivity contribution in [3.63, 3.8) is 0 Å². The van der Waals surface area contributed by atoms with E-state index in [9.17, 15) is 9.59 Å². The molecule has 4 rings (SSSR count). The number of piperidine rings is 1. The molecule has 0 bridgehead atoms. The number of carbonyl (C=O) groups excluding carboxylic acids is 2. The number of hydrogen-bond acceptors (Lipinski definition) is 2. The Morgan fingerprint density at radius 1 is 0.897 bits per heavy atom.